The van der Waals surface area contributed by atoms with E-state index in [4.69, 9.17) is 4.74 Å². The minimum absolute atomic E-state index is 0.163. The Kier molecular flexibility index (Phi) is 9.16. The standard InChI is InChI=1S/C31H28N2O3S/c1-2-36-28-19-10-9-18-27(28)33-31(35)30(24-14-7-4-8-15-24)37-26-17-11-16-25(22-26)32-29(34)21-20-23-12-5-3-6-13-23/h3-22,30H,2H2,1H3,(H,32,34)(H,33,35)/b21-20+. The molecule has 37 heavy (non-hydrogen) atoms. The topological polar surface area (TPSA) is 67.4 Å². The Hall–Kier alpha value is -4.29. The fourth-order valence-electron chi connectivity index (χ4n) is 3.65. The number of hydrogen-bond acceptors (Lipinski definition) is 4. The van der Waals surface area contributed by atoms with Gasteiger partial charge in [0.25, 0.3) is 0 Å². The number of carbonyl (C=O) groups excluding carboxylic acids is 2. The Balaban J connectivity index is 1.50. The molecule has 6 heteroatoms. The maximum Gasteiger partial charge on any atom is 0.248 e. The Labute approximate surface area is 221 Å². The quantitative estimate of drug-likeness (QED) is 0.175. The van der Waals surface area contributed by atoms with Gasteiger partial charge in [-0.2, -0.15) is 0 Å². The average Bonchev–Trinajstić information content (AvgIpc) is 2.93. The van der Waals surface area contributed by atoms with Crippen molar-refractivity contribution in [2.45, 2.75) is 17.1 Å². The molecule has 0 radical (unpaired) electrons. The first kappa shape index (κ1) is 25.8. The van der Waals surface area contributed by atoms with Gasteiger partial charge < -0.3 is 15.4 Å². The number of nitrogens with one attached hydrogen (secondary N) is 2. The average molecular weight is 509 g/mol. The van der Waals surface area contributed by atoms with E-state index in [1.807, 2.05) is 116 Å². The number of rotatable bonds is 10. The highest BCUT2D eigenvalue weighted by atomic mass is 32.2. The van der Waals surface area contributed by atoms with Crippen molar-refractivity contribution in [1.82, 2.24) is 0 Å². The highest BCUT2D eigenvalue weighted by molar-refractivity contribution is 8.00. The second-order valence-corrected chi connectivity index (χ2v) is 9.27. The zero-order valence-electron chi connectivity index (χ0n) is 20.5. The zero-order valence-corrected chi connectivity index (χ0v) is 21.3. The third kappa shape index (κ3) is 7.59. The van der Waals surface area contributed by atoms with E-state index in [0.717, 1.165) is 16.0 Å². The molecular weight excluding hydrogens is 480 g/mol. The normalized spacial score (nSPS) is 11.6. The lowest BCUT2D eigenvalue weighted by molar-refractivity contribution is -0.116. The van der Waals surface area contributed by atoms with Gasteiger partial charge in [-0.05, 0) is 54.5 Å². The van der Waals surface area contributed by atoms with Crippen LogP contribution < -0.4 is 15.4 Å². The summed E-state index contributed by atoms with van der Waals surface area (Å²) in [5.74, 6) is 0.239. The number of amides is 2. The summed E-state index contributed by atoms with van der Waals surface area (Å²) in [5.41, 5.74) is 3.10. The highest BCUT2D eigenvalue weighted by Gasteiger charge is 2.23. The minimum atomic E-state index is -0.514. The van der Waals surface area contributed by atoms with Crippen LogP contribution in [0.15, 0.2) is 120 Å². The van der Waals surface area contributed by atoms with E-state index < -0.39 is 5.25 Å². The molecule has 4 aromatic rings. The summed E-state index contributed by atoms with van der Waals surface area (Å²) >= 11 is 1.42. The first-order valence-corrected chi connectivity index (χ1v) is 12.9. The molecular formula is C31H28N2O3S. The van der Waals surface area contributed by atoms with E-state index in [-0.39, 0.29) is 11.8 Å². The van der Waals surface area contributed by atoms with Crippen LogP contribution in [0.25, 0.3) is 6.08 Å². The zero-order chi connectivity index (χ0) is 25.9. The van der Waals surface area contributed by atoms with Gasteiger partial charge >= 0.3 is 0 Å². The van der Waals surface area contributed by atoms with Gasteiger partial charge in [0, 0.05) is 16.7 Å². The van der Waals surface area contributed by atoms with Gasteiger partial charge in [-0.3, -0.25) is 9.59 Å². The van der Waals surface area contributed by atoms with Gasteiger partial charge in [-0.1, -0.05) is 78.9 Å². The van der Waals surface area contributed by atoms with Crippen LogP contribution in [0, 0.1) is 0 Å². The summed E-state index contributed by atoms with van der Waals surface area (Å²) in [6.07, 6.45) is 3.27. The van der Waals surface area contributed by atoms with Crippen molar-refractivity contribution >= 4 is 41.0 Å². The molecule has 2 amide bonds. The van der Waals surface area contributed by atoms with E-state index in [1.54, 1.807) is 6.08 Å². The molecule has 5 nitrogen and oxygen atoms in total. The van der Waals surface area contributed by atoms with Gasteiger partial charge in [0.1, 0.15) is 11.0 Å². The molecule has 0 aliphatic carbocycles. The Bertz CT molecular complexity index is 1360. The lowest BCUT2D eigenvalue weighted by Gasteiger charge is -2.19. The lowest BCUT2D eigenvalue weighted by atomic mass is 10.1. The number of anilines is 2. The molecule has 0 bridgehead atoms. The maximum absolute atomic E-state index is 13.5. The van der Waals surface area contributed by atoms with Crippen LogP contribution in [-0.4, -0.2) is 18.4 Å². The van der Waals surface area contributed by atoms with Gasteiger partial charge in [0.15, 0.2) is 0 Å². The smallest absolute Gasteiger partial charge is 0.248 e. The van der Waals surface area contributed by atoms with Crippen LogP contribution in [-0.2, 0) is 9.59 Å². The van der Waals surface area contributed by atoms with Crippen LogP contribution in [0.1, 0.15) is 23.3 Å². The molecule has 0 aromatic heterocycles. The first-order chi connectivity index (χ1) is 18.1. The van der Waals surface area contributed by atoms with Crippen molar-refractivity contribution in [1.29, 1.82) is 0 Å². The number of benzene rings is 4. The second kappa shape index (κ2) is 13.1. The number of carbonyl (C=O) groups is 2. The third-order valence-electron chi connectivity index (χ3n) is 5.37. The molecule has 4 rings (SSSR count). The largest absolute Gasteiger partial charge is 0.492 e. The first-order valence-electron chi connectivity index (χ1n) is 12.0. The molecule has 0 saturated carbocycles. The van der Waals surface area contributed by atoms with Crippen LogP contribution in [0.2, 0.25) is 0 Å². The molecule has 0 aliphatic rings. The number of para-hydroxylation sites is 2. The molecule has 0 heterocycles. The molecule has 0 spiro atoms. The van der Waals surface area contributed by atoms with Crippen molar-refractivity contribution < 1.29 is 14.3 Å². The monoisotopic (exact) mass is 508 g/mol. The predicted molar refractivity (Wildman–Crippen MR) is 152 cm³/mol. The van der Waals surface area contributed by atoms with Crippen molar-refractivity contribution in [3.8, 4) is 5.75 Å². The SMILES string of the molecule is CCOc1ccccc1NC(=O)C(Sc1cccc(NC(=O)/C=C/c2ccccc2)c1)c1ccccc1. The fraction of sp³-hybridized carbons (Fsp3) is 0.0968. The minimum Gasteiger partial charge on any atom is -0.492 e. The fourth-order valence-corrected chi connectivity index (χ4v) is 4.74. The molecule has 1 atom stereocenters. The number of ether oxygens (including phenoxy) is 1. The summed E-state index contributed by atoms with van der Waals surface area (Å²) < 4.78 is 5.68. The second-order valence-electron chi connectivity index (χ2n) is 8.09. The molecule has 1 unspecified atom stereocenters. The highest BCUT2D eigenvalue weighted by Crippen LogP contribution is 2.38. The van der Waals surface area contributed by atoms with Crippen LogP contribution in [0.5, 0.6) is 5.75 Å². The summed E-state index contributed by atoms with van der Waals surface area (Å²) in [6.45, 7) is 2.41. The summed E-state index contributed by atoms with van der Waals surface area (Å²) in [6, 6.07) is 34.2. The van der Waals surface area contributed by atoms with E-state index >= 15 is 0 Å². The van der Waals surface area contributed by atoms with Crippen molar-refractivity contribution in [2.24, 2.45) is 0 Å². The summed E-state index contributed by atoms with van der Waals surface area (Å²) in [4.78, 5) is 26.8. The summed E-state index contributed by atoms with van der Waals surface area (Å²) in [7, 11) is 0. The summed E-state index contributed by atoms with van der Waals surface area (Å²) in [5, 5.41) is 5.42. The van der Waals surface area contributed by atoms with Crippen molar-refractivity contribution in [2.75, 3.05) is 17.2 Å². The Morgan fingerprint density at radius 3 is 2.30 bits per heavy atom. The Morgan fingerprint density at radius 2 is 1.54 bits per heavy atom. The van der Waals surface area contributed by atoms with Gasteiger partial charge in [-0.25, -0.2) is 0 Å². The van der Waals surface area contributed by atoms with E-state index in [9.17, 15) is 9.59 Å². The van der Waals surface area contributed by atoms with E-state index in [0.29, 0.717) is 23.7 Å². The van der Waals surface area contributed by atoms with Crippen LogP contribution in [0.3, 0.4) is 0 Å². The number of hydrogen-bond donors (Lipinski definition) is 2. The molecule has 2 N–H and O–H groups in total. The van der Waals surface area contributed by atoms with Crippen LogP contribution >= 0.6 is 11.8 Å². The van der Waals surface area contributed by atoms with Crippen LogP contribution in [0.4, 0.5) is 11.4 Å². The van der Waals surface area contributed by atoms with Gasteiger partial charge in [-0.15, -0.1) is 11.8 Å². The third-order valence-corrected chi connectivity index (χ3v) is 6.62. The molecule has 0 saturated heterocycles. The molecule has 186 valence electrons. The lowest BCUT2D eigenvalue weighted by Crippen LogP contribution is -2.19. The van der Waals surface area contributed by atoms with E-state index in [1.165, 1.54) is 17.8 Å². The molecule has 0 fully saturated rings. The Morgan fingerprint density at radius 1 is 0.838 bits per heavy atom. The predicted octanol–water partition coefficient (Wildman–Crippen LogP) is 7.21. The van der Waals surface area contributed by atoms with Gasteiger partial charge in [0.05, 0.1) is 12.3 Å². The van der Waals surface area contributed by atoms with E-state index in [2.05, 4.69) is 10.6 Å². The van der Waals surface area contributed by atoms with Crippen molar-refractivity contribution in [3.05, 3.63) is 126 Å². The van der Waals surface area contributed by atoms with Gasteiger partial charge in [0.2, 0.25) is 11.8 Å². The molecule has 0 aliphatic heterocycles. The number of thioether (sulfide) groups is 1. The maximum atomic E-state index is 13.5. The molecule has 4 aromatic carbocycles. The van der Waals surface area contributed by atoms with Crippen molar-refractivity contribution in [3.63, 3.8) is 0 Å².